The van der Waals surface area contributed by atoms with Gasteiger partial charge in [0, 0.05) is 31.9 Å². The molecule has 29 heavy (non-hydrogen) atoms. The number of carbonyl (C=O) groups is 2. The second-order valence-electron chi connectivity index (χ2n) is 7.20. The van der Waals surface area contributed by atoms with Gasteiger partial charge >= 0.3 is 6.09 Å². The number of hydrogen-bond acceptors (Lipinski definition) is 7. The van der Waals surface area contributed by atoms with Gasteiger partial charge in [-0.25, -0.2) is 9.18 Å². The van der Waals surface area contributed by atoms with Crippen molar-refractivity contribution in [1.82, 2.24) is 20.0 Å². The zero-order valence-corrected chi connectivity index (χ0v) is 17.2. The molecule has 1 aliphatic heterocycles. The summed E-state index contributed by atoms with van der Waals surface area (Å²) in [6.45, 7) is 7.58. The largest absolute Gasteiger partial charge is 0.449 e. The van der Waals surface area contributed by atoms with Crippen LogP contribution < -0.4 is 5.32 Å². The summed E-state index contributed by atoms with van der Waals surface area (Å²) in [6.07, 6.45) is -0.269. The second-order valence-corrected chi connectivity index (χ2v) is 8.26. The van der Waals surface area contributed by atoms with Crippen LogP contribution in [0.3, 0.4) is 0 Å². The van der Waals surface area contributed by atoms with Gasteiger partial charge in [0.2, 0.25) is 5.01 Å². The van der Waals surface area contributed by atoms with Crippen LogP contribution in [0, 0.1) is 11.7 Å². The minimum Gasteiger partial charge on any atom is -0.449 e. The first-order valence-corrected chi connectivity index (χ1v) is 10.3. The van der Waals surface area contributed by atoms with Gasteiger partial charge in [0.15, 0.2) is 0 Å². The molecule has 1 aromatic heterocycles. The van der Waals surface area contributed by atoms with Crippen molar-refractivity contribution in [3.05, 3.63) is 40.1 Å². The first kappa shape index (κ1) is 21.1. The Morgan fingerprint density at radius 3 is 2.52 bits per heavy atom. The standard InChI is InChI=1S/C19H24FN5O3S/c1-13(2)12-28-19(27)25-9-7-24(8-10-25)11-16-22-23-18(29-16)17(26)21-15-5-3-14(20)4-6-15/h3-6,13H,7-12H2,1-2H3,(H,21,26). The summed E-state index contributed by atoms with van der Waals surface area (Å²) in [7, 11) is 0. The maximum Gasteiger partial charge on any atom is 0.409 e. The molecular weight excluding hydrogens is 397 g/mol. The number of carbonyl (C=O) groups excluding carboxylic acids is 2. The van der Waals surface area contributed by atoms with Crippen molar-refractivity contribution in [1.29, 1.82) is 0 Å². The first-order chi connectivity index (χ1) is 13.9. The minimum atomic E-state index is -0.377. The van der Waals surface area contributed by atoms with Gasteiger partial charge in [-0.2, -0.15) is 0 Å². The third kappa shape index (κ3) is 6.20. The molecule has 1 aromatic carbocycles. The summed E-state index contributed by atoms with van der Waals surface area (Å²) in [5, 5.41) is 11.7. The van der Waals surface area contributed by atoms with E-state index in [2.05, 4.69) is 20.4 Å². The first-order valence-electron chi connectivity index (χ1n) is 9.44. The highest BCUT2D eigenvalue weighted by Gasteiger charge is 2.23. The van der Waals surface area contributed by atoms with Crippen molar-refractivity contribution in [2.45, 2.75) is 20.4 Å². The summed E-state index contributed by atoms with van der Waals surface area (Å²) in [5.41, 5.74) is 0.494. The molecule has 0 spiro atoms. The van der Waals surface area contributed by atoms with E-state index in [1.807, 2.05) is 13.8 Å². The SMILES string of the molecule is CC(C)COC(=O)N1CCN(Cc2nnc(C(=O)Nc3ccc(F)cc3)s2)CC1. The fraction of sp³-hybridized carbons (Fsp3) is 0.474. The lowest BCUT2D eigenvalue weighted by atomic mass is 10.2. The van der Waals surface area contributed by atoms with Gasteiger partial charge in [-0.3, -0.25) is 9.69 Å². The van der Waals surface area contributed by atoms with Crippen LogP contribution in [0.4, 0.5) is 14.9 Å². The lowest BCUT2D eigenvalue weighted by molar-refractivity contribution is 0.0675. The molecule has 8 nitrogen and oxygen atoms in total. The third-order valence-corrected chi connectivity index (χ3v) is 5.20. The molecule has 0 atom stereocenters. The topological polar surface area (TPSA) is 87.7 Å². The van der Waals surface area contributed by atoms with Crippen molar-refractivity contribution in [2.75, 3.05) is 38.1 Å². The van der Waals surface area contributed by atoms with E-state index >= 15 is 0 Å². The molecule has 1 aliphatic rings. The lowest BCUT2D eigenvalue weighted by Crippen LogP contribution is -2.48. The molecule has 3 rings (SSSR count). The summed E-state index contributed by atoms with van der Waals surface area (Å²) in [5.74, 6) is -0.431. The maximum absolute atomic E-state index is 12.9. The third-order valence-electron chi connectivity index (χ3n) is 4.29. The summed E-state index contributed by atoms with van der Waals surface area (Å²) >= 11 is 1.22. The predicted octanol–water partition coefficient (Wildman–Crippen LogP) is 2.84. The highest BCUT2D eigenvalue weighted by atomic mass is 32.1. The minimum absolute atomic E-state index is 0.250. The number of amides is 2. The Bertz CT molecular complexity index is 835. The molecular formula is C19H24FN5O3S. The van der Waals surface area contributed by atoms with Crippen molar-refractivity contribution in [3.8, 4) is 0 Å². The number of hydrogen-bond donors (Lipinski definition) is 1. The molecule has 1 saturated heterocycles. The monoisotopic (exact) mass is 421 g/mol. The van der Waals surface area contributed by atoms with Crippen LogP contribution in [0.15, 0.2) is 24.3 Å². The van der Waals surface area contributed by atoms with Crippen molar-refractivity contribution >= 4 is 29.0 Å². The normalized spacial score (nSPS) is 14.8. The molecule has 2 amide bonds. The Balaban J connectivity index is 1.46. The Kier molecular flexibility index (Phi) is 7.10. The van der Waals surface area contributed by atoms with Crippen LogP contribution in [0.25, 0.3) is 0 Å². The van der Waals surface area contributed by atoms with E-state index < -0.39 is 0 Å². The lowest BCUT2D eigenvalue weighted by Gasteiger charge is -2.33. The van der Waals surface area contributed by atoms with E-state index in [0.29, 0.717) is 50.9 Å². The van der Waals surface area contributed by atoms with E-state index in [1.54, 1.807) is 4.90 Å². The molecule has 0 aliphatic carbocycles. The Hall–Kier alpha value is -2.59. The fourth-order valence-corrected chi connectivity index (χ4v) is 3.51. The van der Waals surface area contributed by atoms with Crippen LogP contribution in [0.2, 0.25) is 0 Å². The number of aromatic nitrogens is 2. The number of nitrogens with one attached hydrogen (secondary N) is 1. The molecule has 0 unspecified atom stereocenters. The van der Waals surface area contributed by atoms with Crippen LogP contribution in [-0.4, -0.2) is 64.8 Å². The molecule has 0 bridgehead atoms. The van der Waals surface area contributed by atoms with Crippen molar-refractivity contribution in [2.24, 2.45) is 5.92 Å². The number of halogens is 1. The summed E-state index contributed by atoms with van der Waals surface area (Å²) < 4.78 is 18.2. The number of nitrogens with zero attached hydrogens (tertiary/aromatic N) is 4. The Morgan fingerprint density at radius 2 is 1.86 bits per heavy atom. The molecule has 1 N–H and O–H groups in total. The van der Waals surface area contributed by atoms with E-state index in [9.17, 15) is 14.0 Å². The molecule has 2 aromatic rings. The van der Waals surface area contributed by atoms with Crippen LogP contribution in [-0.2, 0) is 11.3 Å². The zero-order chi connectivity index (χ0) is 20.8. The predicted molar refractivity (Wildman–Crippen MR) is 107 cm³/mol. The van der Waals surface area contributed by atoms with Gasteiger partial charge in [0.25, 0.3) is 5.91 Å². The Labute approximate surface area is 172 Å². The quantitative estimate of drug-likeness (QED) is 0.772. The van der Waals surface area contributed by atoms with Crippen molar-refractivity contribution < 1.29 is 18.7 Å². The number of benzene rings is 1. The zero-order valence-electron chi connectivity index (χ0n) is 16.4. The van der Waals surface area contributed by atoms with Gasteiger partial charge in [-0.1, -0.05) is 25.2 Å². The van der Waals surface area contributed by atoms with Crippen LogP contribution >= 0.6 is 11.3 Å². The van der Waals surface area contributed by atoms with Crippen LogP contribution in [0.5, 0.6) is 0 Å². The van der Waals surface area contributed by atoms with E-state index in [4.69, 9.17) is 4.74 Å². The smallest absolute Gasteiger partial charge is 0.409 e. The fourth-order valence-electron chi connectivity index (χ4n) is 2.74. The maximum atomic E-state index is 12.9. The second kappa shape index (κ2) is 9.75. The summed E-state index contributed by atoms with van der Waals surface area (Å²) in [6, 6.07) is 5.53. The van der Waals surface area contributed by atoms with E-state index in [0.717, 1.165) is 5.01 Å². The van der Waals surface area contributed by atoms with Crippen LogP contribution in [0.1, 0.15) is 28.7 Å². The van der Waals surface area contributed by atoms with Gasteiger partial charge in [-0.15, -0.1) is 10.2 Å². The molecule has 0 radical (unpaired) electrons. The highest BCUT2D eigenvalue weighted by Crippen LogP contribution is 2.16. The van der Waals surface area contributed by atoms with Gasteiger partial charge < -0.3 is 15.0 Å². The van der Waals surface area contributed by atoms with Gasteiger partial charge in [-0.05, 0) is 30.2 Å². The van der Waals surface area contributed by atoms with Gasteiger partial charge in [0.05, 0.1) is 13.2 Å². The molecule has 1 fully saturated rings. The van der Waals surface area contributed by atoms with Crippen molar-refractivity contribution in [3.63, 3.8) is 0 Å². The number of ether oxygens (including phenoxy) is 1. The molecule has 156 valence electrons. The van der Waals surface area contributed by atoms with Gasteiger partial charge in [0.1, 0.15) is 10.8 Å². The molecule has 10 heteroatoms. The van der Waals surface area contributed by atoms with E-state index in [1.165, 1.54) is 35.6 Å². The molecule has 2 heterocycles. The number of rotatable bonds is 6. The average molecular weight is 421 g/mol. The van der Waals surface area contributed by atoms with E-state index in [-0.39, 0.29) is 22.8 Å². The number of piperazine rings is 1. The summed E-state index contributed by atoms with van der Waals surface area (Å²) in [4.78, 5) is 28.1. The molecule has 0 saturated carbocycles. The highest BCUT2D eigenvalue weighted by molar-refractivity contribution is 7.13. The Morgan fingerprint density at radius 1 is 1.17 bits per heavy atom. The number of anilines is 1. The average Bonchev–Trinajstić information content (AvgIpc) is 3.17.